The molecule has 6 heteroatoms. The first-order chi connectivity index (χ1) is 13.7. The molecule has 4 rings (SSSR count). The normalized spacial score (nSPS) is 20.1. The Balaban J connectivity index is 1.50. The van der Waals surface area contributed by atoms with Gasteiger partial charge in [-0.15, -0.1) is 0 Å². The van der Waals surface area contributed by atoms with E-state index >= 15 is 0 Å². The summed E-state index contributed by atoms with van der Waals surface area (Å²) in [7, 11) is 0. The van der Waals surface area contributed by atoms with Crippen molar-refractivity contribution in [2.24, 2.45) is 0 Å². The Hall–Kier alpha value is -1.89. The number of morpholine rings is 1. The standard InChI is InChI=1S/C22H30N2O4/c1-3-5-17-13-20(25)28-22-16(2)21-18(12-19(17)22)14-24(15-27-21)7-4-6-23-8-10-26-11-9-23/h12-13H,3-11,14-15H2,1-2H3/p+2. The summed E-state index contributed by atoms with van der Waals surface area (Å²) in [5, 5.41) is 1.07. The van der Waals surface area contributed by atoms with E-state index in [1.807, 2.05) is 6.92 Å². The van der Waals surface area contributed by atoms with Gasteiger partial charge in [-0.3, -0.25) is 4.90 Å². The number of hydrogen-bond acceptors (Lipinski definition) is 4. The largest absolute Gasteiger partial charge is 0.444 e. The fourth-order valence-corrected chi connectivity index (χ4v) is 4.53. The summed E-state index contributed by atoms with van der Waals surface area (Å²) in [6, 6.07) is 3.84. The molecule has 1 saturated heterocycles. The summed E-state index contributed by atoms with van der Waals surface area (Å²) in [5.74, 6) is 0.909. The Bertz CT molecular complexity index is 886. The molecule has 2 aliphatic heterocycles. The zero-order valence-corrected chi connectivity index (χ0v) is 17.1. The van der Waals surface area contributed by atoms with Crippen LogP contribution in [0.1, 0.15) is 36.5 Å². The van der Waals surface area contributed by atoms with Crippen LogP contribution >= 0.6 is 0 Å². The lowest BCUT2D eigenvalue weighted by Crippen LogP contribution is -3.16. The molecule has 3 heterocycles. The summed E-state index contributed by atoms with van der Waals surface area (Å²) in [6.45, 7) is 12.2. The van der Waals surface area contributed by atoms with Crippen molar-refractivity contribution >= 4 is 11.0 Å². The average Bonchev–Trinajstić information content (AvgIpc) is 2.70. The molecule has 0 spiro atoms. The molecule has 0 saturated carbocycles. The van der Waals surface area contributed by atoms with Crippen LogP contribution in [0.2, 0.25) is 0 Å². The summed E-state index contributed by atoms with van der Waals surface area (Å²) in [6.07, 6.45) is 3.10. The van der Waals surface area contributed by atoms with Gasteiger partial charge in [0.1, 0.15) is 31.0 Å². The van der Waals surface area contributed by atoms with Crippen molar-refractivity contribution in [1.29, 1.82) is 0 Å². The van der Waals surface area contributed by atoms with E-state index < -0.39 is 0 Å². The van der Waals surface area contributed by atoms with Crippen molar-refractivity contribution in [3.63, 3.8) is 0 Å². The third-order valence-electron chi connectivity index (χ3n) is 6.02. The van der Waals surface area contributed by atoms with Gasteiger partial charge in [-0.25, -0.2) is 4.79 Å². The van der Waals surface area contributed by atoms with Crippen LogP contribution in [0.15, 0.2) is 21.3 Å². The van der Waals surface area contributed by atoms with Crippen molar-refractivity contribution in [2.75, 3.05) is 46.1 Å². The molecule has 1 aromatic heterocycles. The predicted molar refractivity (Wildman–Crippen MR) is 107 cm³/mol. The Kier molecular flexibility index (Phi) is 5.99. The van der Waals surface area contributed by atoms with Crippen LogP contribution in [0.3, 0.4) is 0 Å². The molecular weight excluding hydrogens is 356 g/mol. The van der Waals surface area contributed by atoms with E-state index in [0.29, 0.717) is 12.3 Å². The van der Waals surface area contributed by atoms with Gasteiger partial charge < -0.3 is 18.8 Å². The first-order valence-corrected chi connectivity index (χ1v) is 10.6. The minimum atomic E-state index is -0.271. The van der Waals surface area contributed by atoms with E-state index in [2.05, 4.69) is 13.0 Å². The lowest BCUT2D eigenvalue weighted by molar-refractivity contribution is -0.942. The highest BCUT2D eigenvalue weighted by Gasteiger charge is 2.25. The molecular formula is C22H32N2O4+2. The van der Waals surface area contributed by atoms with E-state index in [-0.39, 0.29) is 5.63 Å². The van der Waals surface area contributed by atoms with Crippen molar-refractivity contribution in [1.82, 2.24) is 0 Å². The van der Waals surface area contributed by atoms with Crippen LogP contribution in [-0.2, 0) is 17.7 Å². The number of hydrogen-bond donors (Lipinski definition) is 2. The Morgan fingerprint density at radius 1 is 1.11 bits per heavy atom. The maximum absolute atomic E-state index is 12.0. The minimum Gasteiger partial charge on any atom is -0.444 e. The Morgan fingerprint density at radius 3 is 2.68 bits per heavy atom. The van der Waals surface area contributed by atoms with Gasteiger partial charge in [-0.1, -0.05) is 13.3 Å². The fourth-order valence-electron chi connectivity index (χ4n) is 4.53. The van der Waals surface area contributed by atoms with Gasteiger partial charge in [-0.05, 0) is 25.0 Å². The van der Waals surface area contributed by atoms with E-state index in [1.54, 1.807) is 11.0 Å². The predicted octanol–water partition coefficient (Wildman–Crippen LogP) is 0.0939. The highest BCUT2D eigenvalue weighted by molar-refractivity contribution is 5.86. The second-order valence-corrected chi connectivity index (χ2v) is 8.14. The van der Waals surface area contributed by atoms with Gasteiger partial charge in [0, 0.05) is 29.0 Å². The van der Waals surface area contributed by atoms with Gasteiger partial charge in [0.2, 0.25) is 6.73 Å². The summed E-state index contributed by atoms with van der Waals surface area (Å²) >= 11 is 0. The van der Waals surface area contributed by atoms with Gasteiger partial charge in [0.05, 0.1) is 26.3 Å². The number of benzene rings is 1. The molecule has 0 radical (unpaired) electrons. The molecule has 2 N–H and O–H groups in total. The molecule has 152 valence electrons. The lowest BCUT2D eigenvalue weighted by Gasteiger charge is -2.29. The second kappa shape index (κ2) is 8.64. The first kappa shape index (κ1) is 19.4. The van der Waals surface area contributed by atoms with Gasteiger partial charge in [0.15, 0.2) is 0 Å². The number of fused-ring (bicyclic) bond motifs is 2. The maximum atomic E-state index is 12.0. The van der Waals surface area contributed by atoms with E-state index in [0.717, 1.165) is 74.5 Å². The van der Waals surface area contributed by atoms with E-state index in [4.69, 9.17) is 13.9 Å². The number of quaternary nitrogens is 2. The molecule has 1 fully saturated rings. The average molecular weight is 389 g/mol. The van der Waals surface area contributed by atoms with Crippen molar-refractivity contribution in [3.8, 4) is 5.75 Å². The van der Waals surface area contributed by atoms with Crippen LogP contribution in [0, 0.1) is 6.92 Å². The molecule has 1 atom stereocenters. The first-order valence-electron chi connectivity index (χ1n) is 10.6. The SMILES string of the molecule is CCCc1cc(=O)oc2c(C)c3c(cc12)C[NH+](CCC[NH+]1CCOCC1)CO3. The Morgan fingerprint density at radius 2 is 1.89 bits per heavy atom. The third-order valence-corrected chi connectivity index (χ3v) is 6.02. The smallest absolute Gasteiger partial charge is 0.336 e. The zero-order valence-electron chi connectivity index (χ0n) is 17.1. The maximum Gasteiger partial charge on any atom is 0.336 e. The molecule has 1 unspecified atom stereocenters. The van der Waals surface area contributed by atoms with Crippen molar-refractivity contribution < 1.29 is 23.7 Å². The summed E-state index contributed by atoms with van der Waals surface area (Å²) < 4.78 is 17.1. The molecule has 6 nitrogen and oxygen atoms in total. The second-order valence-electron chi connectivity index (χ2n) is 8.14. The van der Waals surface area contributed by atoms with Crippen LogP contribution in [0.4, 0.5) is 0 Å². The molecule has 2 aliphatic rings. The lowest BCUT2D eigenvalue weighted by atomic mass is 9.98. The number of rotatable bonds is 6. The zero-order chi connectivity index (χ0) is 19.5. The molecule has 0 aliphatic carbocycles. The van der Waals surface area contributed by atoms with Crippen LogP contribution < -0.4 is 20.2 Å². The number of nitrogens with one attached hydrogen (secondary N) is 2. The Labute approximate surface area is 166 Å². The minimum absolute atomic E-state index is 0.271. The third kappa shape index (κ3) is 4.09. The van der Waals surface area contributed by atoms with E-state index in [9.17, 15) is 4.79 Å². The molecule has 28 heavy (non-hydrogen) atoms. The van der Waals surface area contributed by atoms with Crippen molar-refractivity contribution in [3.05, 3.63) is 39.2 Å². The highest BCUT2D eigenvalue weighted by Crippen LogP contribution is 2.33. The number of aryl methyl sites for hydroxylation is 2. The quantitative estimate of drug-likeness (QED) is 0.689. The number of ether oxygens (including phenoxy) is 2. The highest BCUT2D eigenvalue weighted by atomic mass is 16.5. The summed E-state index contributed by atoms with van der Waals surface area (Å²) in [4.78, 5) is 15.1. The van der Waals surface area contributed by atoms with Gasteiger partial charge in [-0.2, -0.15) is 0 Å². The molecule has 1 aromatic carbocycles. The van der Waals surface area contributed by atoms with Gasteiger partial charge >= 0.3 is 5.63 Å². The van der Waals surface area contributed by atoms with Crippen LogP contribution in [-0.4, -0.2) is 46.1 Å². The monoisotopic (exact) mass is 388 g/mol. The van der Waals surface area contributed by atoms with Crippen LogP contribution in [0.25, 0.3) is 11.0 Å². The summed E-state index contributed by atoms with van der Waals surface area (Å²) in [5.41, 5.74) is 3.69. The van der Waals surface area contributed by atoms with Crippen LogP contribution in [0.5, 0.6) is 5.75 Å². The van der Waals surface area contributed by atoms with Crippen molar-refractivity contribution in [2.45, 2.75) is 39.7 Å². The fraction of sp³-hybridized carbons (Fsp3) is 0.591. The molecule has 2 aromatic rings. The topological polar surface area (TPSA) is 57.5 Å². The molecule has 0 bridgehead atoms. The van der Waals surface area contributed by atoms with E-state index in [1.165, 1.54) is 23.4 Å². The molecule has 0 amide bonds. The van der Waals surface area contributed by atoms with Gasteiger partial charge in [0.25, 0.3) is 0 Å².